The molecule has 1 aromatic carbocycles. The predicted octanol–water partition coefficient (Wildman–Crippen LogP) is 0.522. The zero-order valence-corrected chi connectivity index (χ0v) is 13.3. The molecule has 0 saturated heterocycles. The highest BCUT2D eigenvalue weighted by atomic mass is 32.2. The van der Waals surface area contributed by atoms with Gasteiger partial charge in [0.2, 0.25) is 5.91 Å². The number of carbonyl (C=O) groups is 1. The minimum absolute atomic E-state index is 0.122. The summed E-state index contributed by atoms with van der Waals surface area (Å²) >= 11 is 0. The van der Waals surface area contributed by atoms with Gasteiger partial charge in [0.05, 0.1) is 6.42 Å². The molecule has 6 nitrogen and oxygen atoms in total. The van der Waals surface area contributed by atoms with Gasteiger partial charge < -0.3 is 5.32 Å². The molecular weight excluding hydrogens is 290 g/mol. The molecule has 0 atom stereocenters. The van der Waals surface area contributed by atoms with E-state index in [0.717, 1.165) is 5.56 Å². The molecule has 118 valence electrons. The van der Waals surface area contributed by atoms with Gasteiger partial charge in [-0.1, -0.05) is 44.2 Å². The van der Waals surface area contributed by atoms with Crippen molar-refractivity contribution in [2.45, 2.75) is 20.3 Å². The molecule has 0 saturated carbocycles. The third kappa shape index (κ3) is 6.24. The fourth-order valence-electron chi connectivity index (χ4n) is 1.88. The predicted molar refractivity (Wildman–Crippen MR) is 83.0 cm³/mol. The molecule has 0 aliphatic heterocycles. The van der Waals surface area contributed by atoms with Crippen molar-refractivity contribution < 1.29 is 13.2 Å². The third-order valence-corrected chi connectivity index (χ3v) is 4.75. The van der Waals surface area contributed by atoms with Gasteiger partial charge >= 0.3 is 0 Å². The molecule has 0 bridgehead atoms. The molecular formula is C14H23N3O3S. The first-order chi connectivity index (χ1) is 9.99. The molecule has 0 aliphatic carbocycles. The van der Waals surface area contributed by atoms with Crippen LogP contribution in [0.4, 0.5) is 0 Å². The number of hydrogen-bond acceptors (Lipinski definition) is 3. The van der Waals surface area contributed by atoms with Gasteiger partial charge in [0.1, 0.15) is 0 Å². The number of rotatable bonds is 9. The minimum Gasteiger partial charge on any atom is -0.354 e. The lowest BCUT2D eigenvalue weighted by Crippen LogP contribution is -2.43. The summed E-state index contributed by atoms with van der Waals surface area (Å²) < 4.78 is 27.5. The maximum absolute atomic E-state index is 11.8. The van der Waals surface area contributed by atoms with Crippen molar-refractivity contribution in [2.24, 2.45) is 0 Å². The van der Waals surface area contributed by atoms with E-state index in [0.29, 0.717) is 19.5 Å². The van der Waals surface area contributed by atoms with Crippen LogP contribution in [0.3, 0.4) is 0 Å². The second-order valence-corrected chi connectivity index (χ2v) is 6.25. The molecule has 0 heterocycles. The molecule has 0 aromatic heterocycles. The molecule has 1 aromatic rings. The topological polar surface area (TPSA) is 78.5 Å². The molecule has 0 unspecified atom stereocenters. The first-order valence-electron chi connectivity index (χ1n) is 7.05. The first kappa shape index (κ1) is 17.6. The fraction of sp³-hybridized carbons (Fsp3) is 0.500. The van der Waals surface area contributed by atoms with Gasteiger partial charge in [-0.25, -0.2) is 4.72 Å². The van der Waals surface area contributed by atoms with Crippen LogP contribution in [0, 0.1) is 0 Å². The molecule has 0 fully saturated rings. The lowest BCUT2D eigenvalue weighted by molar-refractivity contribution is -0.120. The Morgan fingerprint density at radius 3 is 2.29 bits per heavy atom. The van der Waals surface area contributed by atoms with E-state index in [1.165, 1.54) is 4.31 Å². The summed E-state index contributed by atoms with van der Waals surface area (Å²) in [7, 11) is -3.45. The van der Waals surface area contributed by atoms with Crippen LogP contribution in [0.15, 0.2) is 30.3 Å². The molecule has 21 heavy (non-hydrogen) atoms. The minimum atomic E-state index is -3.45. The van der Waals surface area contributed by atoms with Gasteiger partial charge in [0.25, 0.3) is 10.2 Å². The Morgan fingerprint density at radius 1 is 1.10 bits per heavy atom. The quantitative estimate of drug-likeness (QED) is 0.653. The van der Waals surface area contributed by atoms with Crippen LogP contribution in [-0.4, -0.2) is 44.8 Å². The van der Waals surface area contributed by atoms with Crippen molar-refractivity contribution in [3.05, 3.63) is 35.9 Å². The Kier molecular flexibility index (Phi) is 7.35. The van der Waals surface area contributed by atoms with Crippen molar-refractivity contribution in [3.63, 3.8) is 0 Å². The number of nitrogens with zero attached hydrogens (tertiary/aromatic N) is 1. The number of nitrogens with one attached hydrogen (secondary N) is 2. The van der Waals surface area contributed by atoms with Crippen LogP contribution in [0.25, 0.3) is 0 Å². The van der Waals surface area contributed by atoms with Gasteiger partial charge in [0, 0.05) is 26.2 Å². The van der Waals surface area contributed by atoms with Crippen LogP contribution in [-0.2, 0) is 21.4 Å². The SMILES string of the molecule is CCN(CC)S(=O)(=O)NCCNC(=O)Cc1ccccc1. The van der Waals surface area contributed by atoms with Crippen LogP contribution in [0.5, 0.6) is 0 Å². The zero-order valence-electron chi connectivity index (χ0n) is 12.5. The Labute approximate surface area is 126 Å². The van der Waals surface area contributed by atoms with Crippen LogP contribution in [0.1, 0.15) is 19.4 Å². The van der Waals surface area contributed by atoms with E-state index in [9.17, 15) is 13.2 Å². The monoisotopic (exact) mass is 313 g/mol. The summed E-state index contributed by atoms with van der Waals surface area (Å²) in [5.74, 6) is -0.122. The van der Waals surface area contributed by atoms with Gasteiger partial charge in [-0.05, 0) is 5.56 Å². The molecule has 2 N–H and O–H groups in total. The number of carbonyl (C=O) groups excluding carboxylic acids is 1. The standard InChI is InChI=1S/C14H23N3O3S/c1-3-17(4-2)21(19,20)16-11-10-15-14(18)12-13-8-6-5-7-9-13/h5-9,16H,3-4,10-12H2,1-2H3,(H,15,18). The van der Waals surface area contributed by atoms with E-state index in [1.54, 1.807) is 13.8 Å². The second-order valence-electron chi connectivity index (χ2n) is 4.50. The lowest BCUT2D eigenvalue weighted by atomic mass is 10.1. The average Bonchev–Trinajstić information content (AvgIpc) is 2.46. The molecule has 1 rings (SSSR count). The average molecular weight is 313 g/mol. The lowest BCUT2D eigenvalue weighted by Gasteiger charge is -2.18. The summed E-state index contributed by atoms with van der Waals surface area (Å²) in [5, 5.41) is 2.69. The van der Waals surface area contributed by atoms with E-state index in [-0.39, 0.29) is 19.0 Å². The third-order valence-electron chi connectivity index (χ3n) is 2.98. The van der Waals surface area contributed by atoms with E-state index in [4.69, 9.17) is 0 Å². The molecule has 0 radical (unpaired) electrons. The Morgan fingerprint density at radius 2 is 1.71 bits per heavy atom. The summed E-state index contributed by atoms with van der Waals surface area (Å²) in [6.07, 6.45) is 0.295. The van der Waals surface area contributed by atoms with E-state index in [1.807, 2.05) is 30.3 Å². The van der Waals surface area contributed by atoms with E-state index in [2.05, 4.69) is 10.0 Å². The summed E-state index contributed by atoms with van der Waals surface area (Å²) in [4.78, 5) is 11.7. The first-order valence-corrected chi connectivity index (χ1v) is 8.49. The second kappa shape index (κ2) is 8.76. The van der Waals surface area contributed by atoms with Gasteiger partial charge in [-0.3, -0.25) is 4.79 Å². The van der Waals surface area contributed by atoms with Crippen molar-refractivity contribution in [1.82, 2.24) is 14.3 Å². The fourth-order valence-corrected chi connectivity index (χ4v) is 3.10. The van der Waals surface area contributed by atoms with Crippen molar-refractivity contribution >= 4 is 16.1 Å². The van der Waals surface area contributed by atoms with Gasteiger partial charge in [0.15, 0.2) is 0 Å². The zero-order chi connectivity index (χ0) is 15.7. The Hall–Kier alpha value is -1.44. The largest absolute Gasteiger partial charge is 0.354 e. The Bertz CT molecular complexity index is 528. The summed E-state index contributed by atoms with van der Waals surface area (Å²) in [6, 6.07) is 9.40. The van der Waals surface area contributed by atoms with Crippen molar-refractivity contribution in [3.8, 4) is 0 Å². The molecule has 1 amide bonds. The van der Waals surface area contributed by atoms with Crippen LogP contribution in [0.2, 0.25) is 0 Å². The Balaban J connectivity index is 2.29. The van der Waals surface area contributed by atoms with Crippen LogP contribution < -0.4 is 10.0 Å². The number of benzene rings is 1. The van der Waals surface area contributed by atoms with E-state index >= 15 is 0 Å². The molecule has 7 heteroatoms. The van der Waals surface area contributed by atoms with Gasteiger partial charge in [-0.15, -0.1) is 0 Å². The van der Waals surface area contributed by atoms with Crippen molar-refractivity contribution in [2.75, 3.05) is 26.2 Å². The summed E-state index contributed by atoms with van der Waals surface area (Å²) in [5.41, 5.74) is 0.929. The van der Waals surface area contributed by atoms with Crippen molar-refractivity contribution in [1.29, 1.82) is 0 Å². The highest BCUT2D eigenvalue weighted by Crippen LogP contribution is 1.99. The molecule has 0 aliphatic rings. The van der Waals surface area contributed by atoms with Crippen LogP contribution >= 0.6 is 0 Å². The highest BCUT2D eigenvalue weighted by molar-refractivity contribution is 7.87. The highest BCUT2D eigenvalue weighted by Gasteiger charge is 2.17. The number of amides is 1. The van der Waals surface area contributed by atoms with Gasteiger partial charge in [-0.2, -0.15) is 12.7 Å². The summed E-state index contributed by atoms with van der Waals surface area (Å²) in [6.45, 7) is 4.86. The normalized spacial score (nSPS) is 11.6. The van der Waals surface area contributed by atoms with E-state index < -0.39 is 10.2 Å². The maximum atomic E-state index is 11.8. The number of hydrogen-bond donors (Lipinski definition) is 2. The molecule has 0 spiro atoms. The maximum Gasteiger partial charge on any atom is 0.279 e. The smallest absolute Gasteiger partial charge is 0.279 e.